The summed E-state index contributed by atoms with van der Waals surface area (Å²) in [5.74, 6) is -1.15. The van der Waals surface area contributed by atoms with E-state index in [4.69, 9.17) is 4.74 Å². The first-order valence-electron chi connectivity index (χ1n) is 6.90. The number of nitrogens with zero attached hydrogens (tertiary/aromatic N) is 1. The number of carbonyl (C=O) groups is 2. The Balaban J connectivity index is 2.11. The lowest BCUT2D eigenvalue weighted by molar-refractivity contribution is -0.384. The van der Waals surface area contributed by atoms with Gasteiger partial charge in [0.05, 0.1) is 10.5 Å². The van der Waals surface area contributed by atoms with Crippen LogP contribution in [0.25, 0.3) is 0 Å². The Morgan fingerprint density at radius 3 is 2.64 bits per heavy atom. The second-order valence-electron chi connectivity index (χ2n) is 5.07. The summed E-state index contributed by atoms with van der Waals surface area (Å²) in [6.45, 7) is 1.46. The van der Waals surface area contributed by atoms with Crippen molar-refractivity contribution in [3.8, 4) is 0 Å². The first-order valence-corrected chi connectivity index (χ1v) is 6.90. The minimum atomic E-state index is -0.961. The van der Waals surface area contributed by atoms with E-state index in [9.17, 15) is 19.7 Å². The highest BCUT2D eigenvalue weighted by molar-refractivity contribution is 5.98. The van der Waals surface area contributed by atoms with Gasteiger partial charge in [-0.15, -0.1) is 0 Å². The van der Waals surface area contributed by atoms with Crippen LogP contribution in [0.3, 0.4) is 0 Å². The number of esters is 1. The van der Waals surface area contributed by atoms with Gasteiger partial charge in [-0.1, -0.05) is 0 Å². The minimum Gasteiger partial charge on any atom is -0.449 e. The molecule has 2 N–H and O–H groups in total. The second-order valence-corrected chi connectivity index (χ2v) is 5.07. The predicted molar refractivity (Wildman–Crippen MR) is 78.7 cm³/mol. The molecule has 0 bridgehead atoms. The van der Waals surface area contributed by atoms with Crippen molar-refractivity contribution in [1.82, 2.24) is 5.32 Å². The number of rotatable bonds is 6. The molecule has 0 aliphatic heterocycles. The van der Waals surface area contributed by atoms with Crippen LogP contribution in [0, 0.1) is 10.1 Å². The third-order valence-electron chi connectivity index (χ3n) is 3.28. The van der Waals surface area contributed by atoms with Gasteiger partial charge in [0.1, 0.15) is 0 Å². The van der Waals surface area contributed by atoms with Crippen molar-refractivity contribution >= 4 is 23.3 Å². The number of non-ortho nitro benzene ring substituents is 1. The lowest BCUT2D eigenvalue weighted by Gasteiger charge is -2.14. The average Bonchev–Trinajstić information content (AvgIpc) is 3.30. The number of nitrogens with one attached hydrogen (secondary N) is 2. The Kier molecular flexibility index (Phi) is 4.59. The number of hydrogen-bond acceptors (Lipinski definition) is 6. The highest BCUT2D eigenvalue weighted by atomic mass is 16.6. The first-order chi connectivity index (χ1) is 10.4. The lowest BCUT2D eigenvalue weighted by atomic mass is 10.1. The molecule has 1 saturated carbocycles. The van der Waals surface area contributed by atoms with Gasteiger partial charge >= 0.3 is 5.97 Å². The van der Waals surface area contributed by atoms with Gasteiger partial charge in [0.15, 0.2) is 6.10 Å². The standard InChI is InChI=1S/C14H17N3O5/c1-8(13(18)16-9-3-4-9)22-14(19)11-7-10(17(20)21)5-6-12(11)15-2/h5-9,15H,3-4H2,1-2H3,(H,16,18)/t8-/m1/s1. The van der Waals surface area contributed by atoms with Crippen LogP contribution in [0.5, 0.6) is 0 Å². The third kappa shape index (κ3) is 3.72. The maximum absolute atomic E-state index is 12.2. The van der Waals surface area contributed by atoms with Gasteiger partial charge in [-0.05, 0) is 25.8 Å². The molecule has 8 nitrogen and oxygen atoms in total. The number of nitro benzene ring substituents is 1. The number of carbonyl (C=O) groups excluding carboxylic acids is 2. The van der Waals surface area contributed by atoms with E-state index in [1.165, 1.54) is 19.1 Å². The summed E-state index contributed by atoms with van der Waals surface area (Å²) in [7, 11) is 1.58. The van der Waals surface area contributed by atoms with E-state index in [2.05, 4.69) is 10.6 Å². The number of anilines is 1. The molecule has 0 spiro atoms. The fourth-order valence-electron chi connectivity index (χ4n) is 1.86. The van der Waals surface area contributed by atoms with Crippen LogP contribution in [0.1, 0.15) is 30.1 Å². The van der Waals surface area contributed by atoms with Gasteiger partial charge in [-0.25, -0.2) is 4.79 Å². The minimum absolute atomic E-state index is 0.0165. The molecule has 0 aromatic heterocycles. The summed E-state index contributed by atoms with van der Waals surface area (Å²) in [6.07, 6.45) is 0.902. The monoisotopic (exact) mass is 307 g/mol. The zero-order valence-corrected chi connectivity index (χ0v) is 12.3. The number of benzene rings is 1. The molecule has 1 aliphatic carbocycles. The zero-order chi connectivity index (χ0) is 16.3. The topological polar surface area (TPSA) is 111 Å². The van der Waals surface area contributed by atoms with Crippen LogP contribution in [-0.4, -0.2) is 36.0 Å². The highest BCUT2D eigenvalue weighted by Crippen LogP contribution is 2.23. The van der Waals surface area contributed by atoms with Crippen LogP contribution in [0.2, 0.25) is 0 Å². The van der Waals surface area contributed by atoms with E-state index in [0.29, 0.717) is 5.69 Å². The molecule has 1 aliphatic rings. The molecular formula is C14H17N3O5. The SMILES string of the molecule is CNc1ccc([N+](=O)[O-])cc1C(=O)O[C@H](C)C(=O)NC1CC1. The van der Waals surface area contributed by atoms with Crippen LogP contribution in [-0.2, 0) is 9.53 Å². The quantitative estimate of drug-likeness (QED) is 0.467. The summed E-state index contributed by atoms with van der Waals surface area (Å²) < 4.78 is 5.09. The summed E-state index contributed by atoms with van der Waals surface area (Å²) in [6, 6.07) is 3.99. The van der Waals surface area contributed by atoms with E-state index in [1.807, 2.05) is 0 Å². The molecule has 1 fully saturated rings. The second kappa shape index (κ2) is 6.42. The Bertz CT molecular complexity index is 612. The molecule has 0 unspecified atom stereocenters. The summed E-state index contributed by atoms with van der Waals surface area (Å²) >= 11 is 0. The van der Waals surface area contributed by atoms with Crippen molar-refractivity contribution in [2.24, 2.45) is 0 Å². The molecule has 0 saturated heterocycles. The van der Waals surface area contributed by atoms with Crippen molar-refractivity contribution < 1.29 is 19.2 Å². The Morgan fingerprint density at radius 1 is 1.41 bits per heavy atom. The summed E-state index contributed by atoms with van der Waals surface area (Å²) in [5.41, 5.74) is 0.189. The fourth-order valence-corrected chi connectivity index (χ4v) is 1.86. The van der Waals surface area contributed by atoms with E-state index < -0.39 is 17.0 Å². The van der Waals surface area contributed by atoms with Crippen molar-refractivity contribution in [3.05, 3.63) is 33.9 Å². The van der Waals surface area contributed by atoms with Gasteiger partial charge < -0.3 is 15.4 Å². The van der Waals surface area contributed by atoms with Gasteiger partial charge in [-0.3, -0.25) is 14.9 Å². The Morgan fingerprint density at radius 2 is 2.09 bits per heavy atom. The van der Waals surface area contributed by atoms with E-state index in [-0.39, 0.29) is 23.2 Å². The fraction of sp³-hybridized carbons (Fsp3) is 0.429. The maximum atomic E-state index is 12.2. The molecule has 2 rings (SSSR count). The molecule has 118 valence electrons. The summed E-state index contributed by atoms with van der Waals surface area (Å²) in [5, 5.41) is 16.3. The number of nitro groups is 1. The van der Waals surface area contributed by atoms with Crippen molar-refractivity contribution in [2.45, 2.75) is 31.9 Å². The average molecular weight is 307 g/mol. The molecule has 0 heterocycles. The van der Waals surface area contributed by atoms with Crippen LogP contribution in [0.4, 0.5) is 11.4 Å². The maximum Gasteiger partial charge on any atom is 0.341 e. The zero-order valence-electron chi connectivity index (χ0n) is 12.3. The van der Waals surface area contributed by atoms with Gasteiger partial charge in [0.25, 0.3) is 11.6 Å². The number of hydrogen-bond donors (Lipinski definition) is 2. The lowest BCUT2D eigenvalue weighted by Crippen LogP contribution is -2.37. The molecule has 1 aromatic rings. The highest BCUT2D eigenvalue weighted by Gasteiger charge is 2.28. The Labute approximate surface area is 127 Å². The number of amides is 1. The van der Waals surface area contributed by atoms with Crippen molar-refractivity contribution in [2.75, 3.05) is 12.4 Å². The smallest absolute Gasteiger partial charge is 0.341 e. The van der Waals surface area contributed by atoms with E-state index >= 15 is 0 Å². The molecule has 1 amide bonds. The van der Waals surface area contributed by atoms with Gasteiger partial charge in [0, 0.05) is 30.9 Å². The van der Waals surface area contributed by atoms with Crippen molar-refractivity contribution in [3.63, 3.8) is 0 Å². The molecule has 1 atom stereocenters. The summed E-state index contributed by atoms with van der Waals surface area (Å²) in [4.78, 5) is 34.1. The molecule has 22 heavy (non-hydrogen) atoms. The van der Waals surface area contributed by atoms with E-state index in [1.54, 1.807) is 7.05 Å². The molecule has 8 heteroatoms. The van der Waals surface area contributed by atoms with Gasteiger partial charge in [0.2, 0.25) is 0 Å². The molecule has 1 aromatic carbocycles. The van der Waals surface area contributed by atoms with Crippen LogP contribution in [0.15, 0.2) is 18.2 Å². The normalized spacial score (nSPS) is 14.8. The van der Waals surface area contributed by atoms with Gasteiger partial charge in [-0.2, -0.15) is 0 Å². The van der Waals surface area contributed by atoms with Crippen LogP contribution < -0.4 is 10.6 Å². The van der Waals surface area contributed by atoms with Crippen molar-refractivity contribution in [1.29, 1.82) is 0 Å². The Hall–Kier alpha value is -2.64. The first kappa shape index (κ1) is 15.7. The van der Waals surface area contributed by atoms with Crippen LogP contribution >= 0.6 is 0 Å². The largest absolute Gasteiger partial charge is 0.449 e. The molecular weight excluding hydrogens is 290 g/mol. The number of ether oxygens (including phenoxy) is 1. The third-order valence-corrected chi connectivity index (χ3v) is 3.28. The predicted octanol–water partition coefficient (Wildman–Crippen LogP) is 1.46. The van der Waals surface area contributed by atoms with E-state index in [0.717, 1.165) is 18.9 Å². The molecule has 0 radical (unpaired) electrons.